The molecule has 0 aliphatic carbocycles. The van der Waals surface area contributed by atoms with Crippen LogP contribution in [0.2, 0.25) is 0 Å². The zero-order chi connectivity index (χ0) is 8.81. The quantitative estimate of drug-likeness (QED) is 0.618. The Bertz CT molecular complexity index is 119. The van der Waals surface area contributed by atoms with Crippen molar-refractivity contribution in [2.45, 2.75) is 19.4 Å². The Morgan fingerprint density at radius 3 is 3.08 bits per heavy atom. The predicted octanol–water partition coefficient (Wildman–Crippen LogP) is 0.317. The van der Waals surface area contributed by atoms with Crippen LogP contribution >= 0.6 is 0 Å². The summed E-state index contributed by atoms with van der Waals surface area (Å²) >= 11 is 0. The fraction of sp³-hybridized carbons (Fsp3) is 1.00. The summed E-state index contributed by atoms with van der Waals surface area (Å²) in [5.74, 6) is 0. The van der Waals surface area contributed by atoms with E-state index in [0.29, 0.717) is 6.04 Å². The van der Waals surface area contributed by atoms with E-state index in [9.17, 15) is 0 Å². The molecule has 12 heavy (non-hydrogen) atoms. The summed E-state index contributed by atoms with van der Waals surface area (Å²) in [6.45, 7) is 7.79. The molecule has 1 aliphatic rings. The van der Waals surface area contributed by atoms with E-state index in [4.69, 9.17) is 4.74 Å². The molecular weight excluding hydrogens is 152 g/mol. The molecule has 0 amide bonds. The van der Waals surface area contributed by atoms with E-state index < -0.39 is 0 Å². The van der Waals surface area contributed by atoms with Crippen LogP contribution in [-0.4, -0.2) is 50.8 Å². The lowest BCUT2D eigenvalue weighted by Gasteiger charge is -2.33. The third-order valence-corrected chi connectivity index (χ3v) is 2.43. The van der Waals surface area contributed by atoms with E-state index in [1.807, 2.05) is 0 Å². The van der Waals surface area contributed by atoms with Crippen molar-refractivity contribution in [1.29, 1.82) is 0 Å². The van der Waals surface area contributed by atoms with Crippen LogP contribution in [-0.2, 0) is 4.74 Å². The van der Waals surface area contributed by atoms with E-state index >= 15 is 0 Å². The fourth-order valence-corrected chi connectivity index (χ4v) is 1.63. The van der Waals surface area contributed by atoms with Gasteiger partial charge in [-0.2, -0.15) is 0 Å². The molecule has 1 heterocycles. The summed E-state index contributed by atoms with van der Waals surface area (Å²) in [7, 11) is 1.77. The van der Waals surface area contributed by atoms with E-state index in [1.165, 1.54) is 13.1 Å². The van der Waals surface area contributed by atoms with Crippen molar-refractivity contribution in [3.05, 3.63) is 0 Å². The average Bonchev–Trinajstić information content (AvgIpc) is 2.09. The number of hydrogen-bond donors (Lipinski definition) is 1. The number of nitrogens with one attached hydrogen (secondary N) is 1. The second kappa shape index (κ2) is 5.51. The number of piperazine rings is 1. The normalized spacial score (nSPS) is 26.0. The highest BCUT2D eigenvalue weighted by Gasteiger charge is 2.16. The number of rotatable bonds is 4. The molecule has 0 radical (unpaired) electrons. The lowest BCUT2D eigenvalue weighted by molar-refractivity contribution is 0.138. The topological polar surface area (TPSA) is 24.5 Å². The number of hydrogen-bond acceptors (Lipinski definition) is 3. The first-order chi connectivity index (χ1) is 5.84. The molecule has 72 valence electrons. The maximum Gasteiger partial charge on any atom is 0.0474 e. The molecule has 0 unspecified atom stereocenters. The SMILES string of the molecule is COCCCN1CCNC[C@@H]1C. The Balaban J connectivity index is 2.11. The zero-order valence-electron chi connectivity index (χ0n) is 8.18. The van der Waals surface area contributed by atoms with Crippen LogP contribution in [0.25, 0.3) is 0 Å². The van der Waals surface area contributed by atoms with Crippen LogP contribution in [0.15, 0.2) is 0 Å². The third kappa shape index (κ3) is 3.09. The van der Waals surface area contributed by atoms with E-state index in [0.717, 1.165) is 26.1 Å². The van der Waals surface area contributed by atoms with Gasteiger partial charge in [-0.15, -0.1) is 0 Å². The van der Waals surface area contributed by atoms with E-state index in [2.05, 4.69) is 17.1 Å². The maximum absolute atomic E-state index is 5.03. The smallest absolute Gasteiger partial charge is 0.0474 e. The van der Waals surface area contributed by atoms with Crippen LogP contribution in [0.3, 0.4) is 0 Å². The molecule has 1 N–H and O–H groups in total. The minimum atomic E-state index is 0.690. The standard InChI is InChI=1S/C9H20N2O/c1-9-8-10-4-6-11(9)5-3-7-12-2/h9-10H,3-8H2,1-2H3/t9-/m0/s1. The van der Waals surface area contributed by atoms with Crippen LogP contribution < -0.4 is 5.32 Å². The van der Waals surface area contributed by atoms with Gasteiger partial charge in [0.2, 0.25) is 0 Å². The summed E-state index contributed by atoms with van der Waals surface area (Å²) in [5, 5.41) is 3.38. The highest BCUT2D eigenvalue weighted by molar-refractivity contribution is 4.75. The van der Waals surface area contributed by atoms with Crippen LogP contribution in [0.4, 0.5) is 0 Å². The van der Waals surface area contributed by atoms with Crippen molar-refractivity contribution >= 4 is 0 Å². The van der Waals surface area contributed by atoms with Crippen molar-refractivity contribution in [2.75, 3.05) is 39.9 Å². The van der Waals surface area contributed by atoms with Gasteiger partial charge in [0.15, 0.2) is 0 Å². The molecule has 1 atom stereocenters. The Morgan fingerprint density at radius 1 is 1.58 bits per heavy atom. The first-order valence-electron chi connectivity index (χ1n) is 4.78. The second-order valence-corrected chi connectivity index (χ2v) is 3.44. The lowest BCUT2D eigenvalue weighted by Crippen LogP contribution is -2.50. The Morgan fingerprint density at radius 2 is 2.42 bits per heavy atom. The van der Waals surface area contributed by atoms with Crippen molar-refractivity contribution in [3.8, 4) is 0 Å². The van der Waals surface area contributed by atoms with Crippen LogP contribution in [0.1, 0.15) is 13.3 Å². The first-order valence-corrected chi connectivity index (χ1v) is 4.78. The van der Waals surface area contributed by atoms with Gasteiger partial charge < -0.3 is 10.1 Å². The molecule has 3 heteroatoms. The summed E-state index contributed by atoms with van der Waals surface area (Å²) in [6, 6.07) is 0.690. The Labute approximate surface area is 75.1 Å². The van der Waals surface area contributed by atoms with Gasteiger partial charge in [-0.05, 0) is 13.3 Å². The van der Waals surface area contributed by atoms with Gasteiger partial charge in [-0.1, -0.05) is 0 Å². The molecule has 0 bridgehead atoms. The first kappa shape index (κ1) is 9.96. The van der Waals surface area contributed by atoms with E-state index in [1.54, 1.807) is 7.11 Å². The Kier molecular flexibility index (Phi) is 4.58. The molecule has 0 saturated carbocycles. The summed E-state index contributed by atoms with van der Waals surface area (Å²) in [6.07, 6.45) is 1.15. The molecule has 1 fully saturated rings. The van der Waals surface area contributed by atoms with Crippen molar-refractivity contribution in [3.63, 3.8) is 0 Å². The number of methoxy groups -OCH3 is 1. The minimum Gasteiger partial charge on any atom is -0.385 e. The highest BCUT2D eigenvalue weighted by Crippen LogP contribution is 2.02. The molecule has 0 aromatic heterocycles. The predicted molar refractivity (Wildman–Crippen MR) is 50.4 cm³/mol. The van der Waals surface area contributed by atoms with Crippen molar-refractivity contribution in [2.24, 2.45) is 0 Å². The summed E-state index contributed by atoms with van der Waals surface area (Å²) < 4.78 is 5.03. The average molecular weight is 172 g/mol. The molecule has 0 aromatic rings. The van der Waals surface area contributed by atoms with Crippen molar-refractivity contribution in [1.82, 2.24) is 10.2 Å². The Hall–Kier alpha value is -0.120. The molecular formula is C9H20N2O. The summed E-state index contributed by atoms with van der Waals surface area (Å²) in [5.41, 5.74) is 0. The molecule has 3 nitrogen and oxygen atoms in total. The van der Waals surface area contributed by atoms with Crippen LogP contribution in [0.5, 0.6) is 0 Å². The molecule has 1 aliphatic heterocycles. The van der Waals surface area contributed by atoms with Gasteiger partial charge in [-0.3, -0.25) is 4.90 Å². The zero-order valence-corrected chi connectivity index (χ0v) is 8.18. The minimum absolute atomic E-state index is 0.690. The lowest BCUT2D eigenvalue weighted by atomic mass is 10.2. The second-order valence-electron chi connectivity index (χ2n) is 3.44. The molecule has 1 rings (SSSR count). The highest BCUT2D eigenvalue weighted by atomic mass is 16.5. The number of ether oxygens (including phenoxy) is 1. The van der Waals surface area contributed by atoms with Gasteiger partial charge in [0, 0.05) is 45.9 Å². The third-order valence-electron chi connectivity index (χ3n) is 2.43. The van der Waals surface area contributed by atoms with Gasteiger partial charge in [0.05, 0.1) is 0 Å². The van der Waals surface area contributed by atoms with Crippen LogP contribution in [0, 0.1) is 0 Å². The maximum atomic E-state index is 5.03. The summed E-state index contributed by atoms with van der Waals surface area (Å²) in [4.78, 5) is 2.52. The number of nitrogens with zero attached hydrogens (tertiary/aromatic N) is 1. The molecule has 0 spiro atoms. The molecule has 0 aromatic carbocycles. The van der Waals surface area contributed by atoms with Gasteiger partial charge in [-0.25, -0.2) is 0 Å². The van der Waals surface area contributed by atoms with Gasteiger partial charge >= 0.3 is 0 Å². The van der Waals surface area contributed by atoms with E-state index in [-0.39, 0.29) is 0 Å². The van der Waals surface area contributed by atoms with Crippen molar-refractivity contribution < 1.29 is 4.74 Å². The largest absolute Gasteiger partial charge is 0.385 e. The van der Waals surface area contributed by atoms with Gasteiger partial charge in [0.25, 0.3) is 0 Å². The van der Waals surface area contributed by atoms with Gasteiger partial charge in [0.1, 0.15) is 0 Å². The fourth-order valence-electron chi connectivity index (χ4n) is 1.63. The molecule has 1 saturated heterocycles. The monoisotopic (exact) mass is 172 g/mol.